The average molecular weight is 1120 g/mol. The molecule has 4 heterocycles. The van der Waals surface area contributed by atoms with E-state index < -0.39 is 137 Å². The van der Waals surface area contributed by atoms with Crippen molar-refractivity contribution in [1.82, 2.24) is 20.1 Å². The first-order valence-electron chi connectivity index (χ1n) is 27.8. The Balaban J connectivity index is 1.19. The second-order valence-corrected chi connectivity index (χ2v) is 23.3. The molecule has 22 nitrogen and oxygen atoms in total. The number of nitrogens with one attached hydrogen (secondary N) is 3. The first kappa shape index (κ1) is 63.8. The Bertz CT molecular complexity index is 2510. The number of esters is 2. The summed E-state index contributed by atoms with van der Waals surface area (Å²) in [7, 11) is 6.69. The number of nitrogens with zero attached hydrogens (tertiary/aromatic N) is 2. The van der Waals surface area contributed by atoms with E-state index in [2.05, 4.69) is 16.0 Å². The van der Waals surface area contributed by atoms with Crippen molar-refractivity contribution >= 4 is 40.4 Å². The third kappa shape index (κ3) is 14.4. The maximum atomic E-state index is 15.3. The van der Waals surface area contributed by atoms with Crippen molar-refractivity contribution in [2.24, 2.45) is 17.8 Å². The predicted octanol–water partition coefficient (Wildman–Crippen LogP) is 3.87. The molecular formula is C56H88FN5O17. The van der Waals surface area contributed by atoms with Gasteiger partial charge in [0, 0.05) is 75.9 Å². The number of hydrogen-bond acceptors (Lipinski definition) is 19. The van der Waals surface area contributed by atoms with Crippen LogP contribution in [0.4, 0.5) is 10.1 Å². The van der Waals surface area contributed by atoms with Gasteiger partial charge in [0.15, 0.2) is 18.7 Å². The fourth-order valence-corrected chi connectivity index (χ4v) is 11.8. The number of pyridine rings is 1. The van der Waals surface area contributed by atoms with Gasteiger partial charge in [-0.25, -0.2) is 9.18 Å². The van der Waals surface area contributed by atoms with E-state index in [0.717, 1.165) is 18.9 Å². The highest BCUT2D eigenvalue weighted by atomic mass is 19.1. The van der Waals surface area contributed by atoms with Gasteiger partial charge in [-0.1, -0.05) is 20.8 Å². The van der Waals surface area contributed by atoms with Crippen LogP contribution >= 0.6 is 0 Å². The number of methoxy groups -OCH3 is 2. The van der Waals surface area contributed by atoms with Crippen molar-refractivity contribution < 1.29 is 81.9 Å². The Morgan fingerprint density at radius 2 is 1.57 bits per heavy atom. The molecule has 0 bridgehead atoms. The van der Waals surface area contributed by atoms with Gasteiger partial charge in [0.1, 0.15) is 34.8 Å². The van der Waals surface area contributed by atoms with E-state index in [1.807, 2.05) is 32.8 Å². The van der Waals surface area contributed by atoms with Gasteiger partial charge in [0.2, 0.25) is 11.3 Å². The summed E-state index contributed by atoms with van der Waals surface area (Å²) < 4.78 is 68.3. The molecule has 1 aromatic heterocycles. The largest absolute Gasteiger partial charge is 0.477 e. The second kappa shape index (κ2) is 26.2. The summed E-state index contributed by atoms with van der Waals surface area (Å²) in [6, 6.07) is 1.64. The van der Waals surface area contributed by atoms with Crippen molar-refractivity contribution in [2.75, 3.05) is 53.3 Å². The summed E-state index contributed by atoms with van der Waals surface area (Å²) in [6.07, 6.45) is -6.97. The van der Waals surface area contributed by atoms with Gasteiger partial charge in [-0.3, -0.25) is 19.2 Å². The molecule has 4 fully saturated rings. The third-order valence-electron chi connectivity index (χ3n) is 16.8. The van der Waals surface area contributed by atoms with Crippen LogP contribution in [0.15, 0.2) is 23.1 Å². The number of likely N-dealkylation sites (N-methyl/N-ethyl adjacent to an activating group) is 1. The molecule has 23 heteroatoms. The monoisotopic (exact) mass is 1120 g/mol. The summed E-state index contributed by atoms with van der Waals surface area (Å²) >= 11 is 0. The Morgan fingerprint density at radius 1 is 0.911 bits per heavy atom. The molecule has 0 unspecified atom stereocenters. The number of rotatable bonds is 18. The SMILES string of the molecule is CC[C@H]1OC(=O)[C@H](C)[C@@H](O[C@H]2C[C@@](C)(OC)[C@@H](OC(=O)CCNCCNc3cc4c(cc3F)c(=O)c(C(=O)O)cn4C3CC3)[C@H](C)O2)[C@H](C)[C@@H](O[C@@H]2O[C@H](C)C[C@H](N(C)C)[C@H]2O)[C@](C)(OC)C[C@@H](C)NC(=O)[C@H](C)[C@@H](O)[C@]1(C)O. The first-order valence-corrected chi connectivity index (χ1v) is 27.8. The zero-order chi connectivity index (χ0) is 58.6. The maximum absolute atomic E-state index is 15.3. The molecule has 0 spiro atoms. The van der Waals surface area contributed by atoms with E-state index >= 15 is 4.39 Å². The number of halogens is 1. The minimum Gasteiger partial charge on any atom is -0.477 e. The summed E-state index contributed by atoms with van der Waals surface area (Å²) in [4.78, 5) is 68.4. The lowest BCUT2D eigenvalue weighted by atomic mass is 9.78. The molecule has 7 N–H and O–H groups in total. The molecule has 4 aliphatic rings. The van der Waals surface area contributed by atoms with Crippen molar-refractivity contribution in [2.45, 2.75) is 211 Å². The molecule has 446 valence electrons. The highest BCUT2D eigenvalue weighted by Gasteiger charge is 2.54. The number of carboxylic acid groups (broad SMARTS) is 1. The number of cyclic esters (lactones) is 1. The molecule has 6 rings (SSSR count). The lowest BCUT2D eigenvalue weighted by Gasteiger charge is -2.50. The van der Waals surface area contributed by atoms with Gasteiger partial charge in [-0.2, -0.15) is 0 Å². The van der Waals surface area contributed by atoms with Crippen molar-refractivity contribution in [1.29, 1.82) is 0 Å². The topological polar surface area (TPSA) is 284 Å². The highest BCUT2D eigenvalue weighted by molar-refractivity contribution is 5.93. The zero-order valence-electron chi connectivity index (χ0n) is 48.4. The molecular weight excluding hydrogens is 1030 g/mol. The van der Waals surface area contributed by atoms with E-state index in [1.54, 1.807) is 46.1 Å². The Labute approximate surface area is 462 Å². The van der Waals surface area contributed by atoms with E-state index in [4.69, 9.17) is 37.9 Å². The number of hydrogen-bond donors (Lipinski definition) is 7. The van der Waals surface area contributed by atoms with Crippen molar-refractivity contribution in [3.63, 3.8) is 0 Å². The minimum absolute atomic E-state index is 0.00250. The number of benzene rings is 1. The van der Waals surface area contributed by atoms with Crippen LogP contribution in [0.5, 0.6) is 0 Å². The maximum Gasteiger partial charge on any atom is 0.341 e. The number of aromatic carboxylic acids is 1. The van der Waals surface area contributed by atoms with Crippen LogP contribution in [0.1, 0.15) is 131 Å². The Kier molecular flexibility index (Phi) is 21.2. The first-order chi connectivity index (χ1) is 37.0. The molecule has 1 aromatic carbocycles. The molecule has 3 saturated heterocycles. The molecule has 3 aliphatic heterocycles. The Hall–Kier alpha value is -4.40. The van der Waals surface area contributed by atoms with Crippen LogP contribution < -0.4 is 21.4 Å². The van der Waals surface area contributed by atoms with Crippen molar-refractivity contribution in [3.05, 3.63) is 39.9 Å². The van der Waals surface area contributed by atoms with Gasteiger partial charge >= 0.3 is 17.9 Å². The average Bonchev–Trinajstić information content (AvgIpc) is 4.38. The molecule has 18 atom stereocenters. The number of anilines is 1. The lowest BCUT2D eigenvalue weighted by molar-refractivity contribution is -0.320. The van der Waals surface area contributed by atoms with Crippen LogP contribution in [-0.4, -0.2) is 192 Å². The van der Waals surface area contributed by atoms with Gasteiger partial charge in [0.25, 0.3) is 0 Å². The standard InChI is InChI=1S/C56H88FN5O17/c1-15-41-56(10,71)47(66)32(6)50(67)60-28(2)25-54(8,72-13)48(79-53-45(65)40(61(11)12)22-29(3)74-53)30(4)46(31(5)52(70)76-41)78-43-26-55(9,73-14)49(33(7)75-43)77-42(63)18-19-58-20-21-59-38-24-39-35(23-37(38)57)44(64)36(51(68)69)27-62(39)34-16-17-34/h23-24,27-34,40-41,43,45-49,53,58-59,65-66,71H,15-22,25-26H2,1-14H3,(H,60,67)(H,68,69)/t28-,29-,30+,31-,32-,33+,40+,41-,43+,45-,46+,47-,48-,49+,53+,54-,55-,56-/m1/s1. The number of carboxylic acids is 1. The van der Waals surface area contributed by atoms with Crippen LogP contribution in [0.25, 0.3) is 10.9 Å². The number of aliphatic hydroxyl groups excluding tert-OH is 2. The quantitative estimate of drug-likeness (QED) is 0.0824. The molecule has 0 radical (unpaired) electrons. The number of fused-ring (bicyclic) bond motifs is 1. The third-order valence-corrected chi connectivity index (χ3v) is 16.8. The number of carbonyl (C=O) groups excluding carboxylic acids is 3. The summed E-state index contributed by atoms with van der Waals surface area (Å²) in [5.74, 6) is -7.08. The lowest BCUT2D eigenvalue weighted by Crippen LogP contribution is -2.61. The second-order valence-electron chi connectivity index (χ2n) is 23.3. The Morgan fingerprint density at radius 3 is 2.18 bits per heavy atom. The van der Waals surface area contributed by atoms with Gasteiger partial charge < -0.3 is 83.7 Å². The van der Waals surface area contributed by atoms with Gasteiger partial charge in [0.05, 0.1) is 65.6 Å². The van der Waals surface area contributed by atoms with E-state index in [-0.39, 0.29) is 68.0 Å². The predicted molar refractivity (Wildman–Crippen MR) is 288 cm³/mol. The number of aromatic nitrogens is 1. The fraction of sp³-hybridized carbons (Fsp3) is 0.768. The summed E-state index contributed by atoms with van der Waals surface area (Å²) in [5, 5.41) is 53.9. The molecule has 1 aliphatic carbocycles. The van der Waals surface area contributed by atoms with Crippen LogP contribution in [-0.2, 0) is 52.3 Å². The minimum atomic E-state index is -2.07. The van der Waals surface area contributed by atoms with Gasteiger partial charge in [-0.05, 0) is 107 Å². The molecule has 79 heavy (non-hydrogen) atoms. The molecule has 2 aromatic rings. The van der Waals surface area contributed by atoms with Crippen molar-refractivity contribution in [3.8, 4) is 0 Å². The van der Waals surface area contributed by atoms with Crippen LogP contribution in [0.3, 0.4) is 0 Å². The van der Waals surface area contributed by atoms with E-state index in [1.165, 1.54) is 40.3 Å². The molecule has 1 amide bonds. The summed E-state index contributed by atoms with van der Waals surface area (Å²) in [5.41, 5.74) is -5.16. The number of carbonyl (C=O) groups is 4. The van der Waals surface area contributed by atoms with Gasteiger partial charge in [-0.15, -0.1) is 0 Å². The summed E-state index contributed by atoms with van der Waals surface area (Å²) in [6.45, 7) is 17.6. The fourth-order valence-electron chi connectivity index (χ4n) is 11.8. The normalized spacial score (nSPS) is 37.2. The number of aliphatic hydroxyl groups is 3. The number of amides is 1. The van der Waals surface area contributed by atoms with Crippen LogP contribution in [0.2, 0.25) is 0 Å². The highest BCUT2D eigenvalue weighted by Crippen LogP contribution is 2.42. The van der Waals surface area contributed by atoms with E-state index in [0.29, 0.717) is 18.5 Å². The molecule has 1 saturated carbocycles. The zero-order valence-corrected chi connectivity index (χ0v) is 48.4. The number of ether oxygens (including phenoxy) is 8. The smallest absolute Gasteiger partial charge is 0.341 e. The van der Waals surface area contributed by atoms with E-state index in [9.17, 15) is 44.4 Å². The van der Waals surface area contributed by atoms with Crippen LogP contribution in [0, 0.1) is 23.6 Å².